The van der Waals surface area contributed by atoms with Gasteiger partial charge in [0.15, 0.2) is 5.82 Å². The molecule has 0 saturated carbocycles. The molecule has 0 radical (unpaired) electrons. The van der Waals surface area contributed by atoms with Crippen molar-refractivity contribution in [3.8, 4) is 0 Å². The fourth-order valence-corrected chi connectivity index (χ4v) is 2.53. The van der Waals surface area contributed by atoms with E-state index in [9.17, 15) is 0 Å². The fraction of sp³-hybridized carbons (Fsp3) is 0.167. The Balaban J connectivity index is 2.43. The summed E-state index contributed by atoms with van der Waals surface area (Å²) in [4.78, 5) is 7.92. The summed E-state index contributed by atoms with van der Waals surface area (Å²) in [5.74, 6) is 0.777. The van der Waals surface area contributed by atoms with Crippen molar-refractivity contribution >= 4 is 44.9 Å². The predicted octanol–water partition coefficient (Wildman–Crippen LogP) is 3.84. The Labute approximate surface area is 119 Å². The molecule has 1 aromatic carbocycles. The van der Waals surface area contributed by atoms with Crippen molar-refractivity contribution in [1.82, 2.24) is 9.97 Å². The minimum Gasteiger partial charge on any atom is -0.382 e. The van der Waals surface area contributed by atoms with Crippen LogP contribution in [0.5, 0.6) is 0 Å². The molecule has 0 bridgehead atoms. The van der Waals surface area contributed by atoms with E-state index >= 15 is 0 Å². The van der Waals surface area contributed by atoms with E-state index in [0.29, 0.717) is 10.8 Å². The SMILES string of the molecule is Cc1cc(Br)cc(C)c1Nc1ncnc(N)c1Cl. The zero-order valence-electron chi connectivity index (χ0n) is 9.96. The van der Waals surface area contributed by atoms with Crippen LogP contribution in [0.25, 0.3) is 0 Å². The number of aryl methyl sites for hydroxylation is 2. The highest BCUT2D eigenvalue weighted by molar-refractivity contribution is 9.10. The first kappa shape index (κ1) is 13.1. The molecule has 0 unspecified atom stereocenters. The van der Waals surface area contributed by atoms with Gasteiger partial charge in [0.2, 0.25) is 0 Å². The van der Waals surface area contributed by atoms with E-state index in [1.54, 1.807) is 0 Å². The maximum Gasteiger partial charge on any atom is 0.154 e. The first-order valence-electron chi connectivity index (χ1n) is 5.28. The molecule has 1 heterocycles. The van der Waals surface area contributed by atoms with Gasteiger partial charge in [-0.2, -0.15) is 0 Å². The number of rotatable bonds is 2. The number of nitrogens with two attached hydrogens (primary N) is 1. The second kappa shape index (κ2) is 5.12. The van der Waals surface area contributed by atoms with Crippen molar-refractivity contribution < 1.29 is 0 Å². The fourth-order valence-electron chi connectivity index (χ4n) is 1.70. The molecule has 4 nitrogen and oxygen atoms in total. The lowest BCUT2D eigenvalue weighted by Gasteiger charge is -2.14. The van der Waals surface area contributed by atoms with Crippen LogP contribution in [0.2, 0.25) is 5.02 Å². The summed E-state index contributed by atoms with van der Waals surface area (Å²) < 4.78 is 1.04. The maximum absolute atomic E-state index is 6.06. The highest BCUT2D eigenvalue weighted by Crippen LogP contribution is 2.31. The summed E-state index contributed by atoms with van der Waals surface area (Å²) in [5, 5.41) is 3.53. The lowest BCUT2D eigenvalue weighted by Crippen LogP contribution is -2.02. The Morgan fingerprint density at radius 2 is 1.83 bits per heavy atom. The van der Waals surface area contributed by atoms with Crippen molar-refractivity contribution in [2.75, 3.05) is 11.1 Å². The molecular weight excluding hydrogens is 316 g/mol. The zero-order chi connectivity index (χ0) is 13.3. The average Bonchev–Trinajstić information content (AvgIpc) is 2.28. The smallest absolute Gasteiger partial charge is 0.154 e. The van der Waals surface area contributed by atoms with Crippen molar-refractivity contribution in [3.63, 3.8) is 0 Å². The second-order valence-corrected chi connectivity index (χ2v) is 5.25. The summed E-state index contributed by atoms with van der Waals surface area (Å²) in [7, 11) is 0. The maximum atomic E-state index is 6.06. The molecule has 0 aliphatic heterocycles. The van der Waals surface area contributed by atoms with Crippen LogP contribution in [0.4, 0.5) is 17.3 Å². The molecular formula is C12H12BrClN4. The largest absolute Gasteiger partial charge is 0.382 e. The summed E-state index contributed by atoms with van der Waals surface area (Å²) in [6.45, 7) is 4.02. The summed E-state index contributed by atoms with van der Waals surface area (Å²) in [6, 6.07) is 4.04. The van der Waals surface area contributed by atoms with Gasteiger partial charge < -0.3 is 11.1 Å². The third-order valence-electron chi connectivity index (χ3n) is 2.56. The normalized spacial score (nSPS) is 10.4. The third kappa shape index (κ3) is 2.57. The Hall–Kier alpha value is -1.33. The van der Waals surface area contributed by atoms with E-state index in [4.69, 9.17) is 17.3 Å². The quantitative estimate of drug-likeness (QED) is 0.879. The zero-order valence-corrected chi connectivity index (χ0v) is 12.3. The van der Waals surface area contributed by atoms with Crippen LogP contribution in [0.1, 0.15) is 11.1 Å². The van der Waals surface area contributed by atoms with Gasteiger partial charge in [0.25, 0.3) is 0 Å². The number of anilines is 3. The van der Waals surface area contributed by atoms with Crippen LogP contribution < -0.4 is 11.1 Å². The van der Waals surface area contributed by atoms with Crippen molar-refractivity contribution in [2.24, 2.45) is 0 Å². The third-order valence-corrected chi connectivity index (χ3v) is 3.39. The van der Waals surface area contributed by atoms with Crippen LogP contribution >= 0.6 is 27.5 Å². The molecule has 0 aliphatic carbocycles. The number of nitrogens with zero attached hydrogens (tertiary/aromatic N) is 2. The molecule has 0 fully saturated rings. The first-order chi connectivity index (χ1) is 8.49. The van der Waals surface area contributed by atoms with Gasteiger partial charge in [0.05, 0.1) is 0 Å². The van der Waals surface area contributed by atoms with E-state index in [-0.39, 0.29) is 5.82 Å². The Morgan fingerprint density at radius 3 is 2.44 bits per heavy atom. The molecule has 6 heteroatoms. The van der Waals surface area contributed by atoms with E-state index in [1.165, 1.54) is 6.33 Å². The number of halogens is 2. The molecule has 0 amide bonds. The van der Waals surface area contributed by atoms with Gasteiger partial charge in [-0.05, 0) is 37.1 Å². The summed E-state index contributed by atoms with van der Waals surface area (Å²) >= 11 is 9.52. The minimum absolute atomic E-state index is 0.265. The molecule has 3 N–H and O–H groups in total. The Morgan fingerprint density at radius 1 is 1.22 bits per heavy atom. The number of nitrogen functional groups attached to an aromatic ring is 1. The minimum atomic E-state index is 0.265. The number of hydrogen-bond donors (Lipinski definition) is 2. The standard InChI is InChI=1S/C12H12BrClN4/c1-6-3-8(13)4-7(2)10(6)18-12-9(14)11(15)16-5-17-12/h3-5H,1-2H3,(H3,15,16,17,18). The highest BCUT2D eigenvalue weighted by atomic mass is 79.9. The summed E-state index contributed by atoms with van der Waals surface area (Å²) in [5.41, 5.74) is 8.80. The average molecular weight is 328 g/mol. The van der Waals surface area contributed by atoms with Crippen LogP contribution in [0, 0.1) is 13.8 Å². The van der Waals surface area contributed by atoms with Gasteiger partial charge in [-0.15, -0.1) is 0 Å². The summed E-state index contributed by atoms with van der Waals surface area (Å²) in [6.07, 6.45) is 1.38. The van der Waals surface area contributed by atoms with Gasteiger partial charge >= 0.3 is 0 Å². The predicted molar refractivity (Wildman–Crippen MR) is 78.4 cm³/mol. The lowest BCUT2D eigenvalue weighted by molar-refractivity contribution is 1.17. The number of hydrogen-bond acceptors (Lipinski definition) is 4. The van der Waals surface area contributed by atoms with Crippen LogP contribution in [0.15, 0.2) is 22.9 Å². The number of aromatic nitrogens is 2. The molecule has 2 rings (SSSR count). The molecule has 1 aromatic heterocycles. The molecule has 2 aromatic rings. The van der Waals surface area contributed by atoms with Crippen molar-refractivity contribution in [1.29, 1.82) is 0 Å². The van der Waals surface area contributed by atoms with Crippen molar-refractivity contribution in [3.05, 3.63) is 39.1 Å². The van der Waals surface area contributed by atoms with Gasteiger partial charge in [-0.1, -0.05) is 27.5 Å². The molecule has 0 aliphatic rings. The topological polar surface area (TPSA) is 63.8 Å². The second-order valence-electron chi connectivity index (χ2n) is 3.96. The van der Waals surface area contributed by atoms with Gasteiger partial charge in [0, 0.05) is 10.2 Å². The Kier molecular flexibility index (Phi) is 3.73. The monoisotopic (exact) mass is 326 g/mol. The number of benzene rings is 1. The van der Waals surface area contributed by atoms with Crippen LogP contribution in [-0.4, -0.2) is 9.97 Å². The van der Waals surface area contributed by atoms with Crippen LogP contribution in [0.3, 0.4) is 0 Å². The molecule has 18 heavy (non-hydrogen) atoms. The molecule has 94 valence electrons. The molecule has 0 atom stereocenters. The highest BCUT2D eigenvalue weighted by Gasteiger charge is 2.10. The number of nitrogens with one attached hydrogen (secondary N) is 1. The Bertz CT molecular complexity index is 578. The lowest BCUT2D eigenvalue weighted by atomic mass is 10.1. The van der Waals surface area contributed by atoms with E-state index in [1.807, 2.05) is 26.0 Å². The van der Waals surface area contributed by atoms with E-state index in [0.717, 1.165) is 21.3 Å². The van der Waals surface area contributed by atoms with Gasteiger partial charge in [0.1, 0.15) is 17.2 Å². The molecule has 0 saturated heterocycles. The first-order valence-corrected chi connectivity index (χ1v) is 6.46. The van der Waals surface area contributed by atoms with Crippen LogP contribution in [-0.2, 0) is 0 Å². The van der Waals surface area contributed by atoms with E-state index in [2.05, 4.69) is 31.2 Å². The molecule has 0 spiro atoms. The van der Waals surface area contributed by atoms with Crippen molar-refractivity contribution in [2.45, 2.75) is 13.8 Å². The van der Waals surface area contributed by atoms with E-state index < -0.39 is 0 Å². The van der Waals surface area contributed by atoms with Gasteiger partial charge in [-0.25, -0.2) is 9.97 Å². The van der Waals surface area contributed by atoms with Gasteiger partial charge in [-0.3, -0.25) is 0 Å².